The van der Waals surface area contributed by atoms with E-state index in [9.17, 15) is 0 Å². The molecule has 2 atom stereocenters. The van der Waals surface area contributed by atoms with Gasteiger partial charge < -0.3 is 0 Å². The maximum atomic E-state index is 2.35. The van der Waals surface area contributed by atoms with Gasteiger partial charge in [-0.15, -0.1) is 0 Å². The molecule has 0 bridgehead atoms. The summed E-state index contributed by atoms with van der Waals surface area (Å²) < 4.78 is 0. The van der Waals surface area contributed by atoms with Crippen LogP contribution in [-0.2, 0) is 0 Å². The highest BCUT2D eigenvalue weighted by molar-refractivity contribution is 5.35. The van der Waals surface area contributed by atoms with Crippen molar-refractivity contribution in [2.75, 3.05) is 0 Å². The van der Waals surface area contributed by atoms with Crippen molar-refractivity contribution < 1.29 is 0 Å². The standard InChI is InChI=1S/C17H16/c1-3-8-14(9-4-1)16-12-7-13-17(16)15-10-5-2-6-11-15/h1-12,16-17H,13H2/t16-,17+/m1/s1. The van der Waals surface area contributed by atoms with Gasteiger partial charge >= 0.3 is 0 Å². The minimum Gasteiger partial charge on any atom is -0.0873 e. The Labute approximate surface area is 103 Å². The van der Waals surface area contributed by atoms with Crippen LogP contribution in [0.3, 0.4) is 0 Å². The molecule has 0 saturated carbocycles. The molecule has 0 saturated heterocycles. The van der Waals surface area contributed by atoms with E-state index in [1.54, 1.807) is 0 Å². The SMILES string of the molecule is C1=C[C@H](c2ccccc2)[C@H](c2ccccc2)C1. The van der Waals surface area contributed by atoms with Crippen LogP contribution < -0.4 is 0 Å². The Kier molecular flexibility index (Phi) is 2.79. The van der Waals surface area contributed by atoms with Crippen LogP contribution in [0.1, 0.15) is 29.4 Å². The second-order valence-corrected chi connectivity index (χ2v) is 4.62. The Morgan fingerprint density at radius 1 is 0.706 bits per heavy atom. The van der Waals surface area contributed by atoms with Crippen molar-refractivity contribution >= 4 is 0 Å². The zero-order valence-corrected chi connectivity index (χ0v) is 9.79. The van der Waals surface area contributed by atoms with Crippen molar-refractivity contribution in [3.05, 3.63) is 83.9 Å². The van der Waals surface area contributed by atoms with Gasteiger partial charge in [0.15, 0.2) is 0 Å². The van der Waals surface area contributed by atoms with Crippen LogP contribution >= 0.6 is 0 Å². The molecule has 17 heavy (non-hydrogen) atoms. The lowest BCUT2D eigenvalue weighted by atomic mass is 9.84. The minimum atomic E-state index is 0.540. The molecule has 0 aliphatic heterocycles. The van der Waals surface area contributed by atoms with E-state index in [4.69, 9.17) is 0 Å². The Bertz CT molecular complexity index is 496. The molecule has 0 heterocycles. The van der Waals surface area contributed by atoms with Crippen molar-refractivity contribution in [1.82, 2.24) is 0 Å². The Balaban J connectivity index is 1.93. The van der Waals surface area contributed by atoms with Crippen LogP contribution in [0.15, 0.2) is 72.8 Å². The third-order valence-electron chi connectivity index (χ3n) is 3.58. The molecule has 84 valence electrons. The number of hydrogen-bond donors (Lipinski definition) is 0. The molecular formula is C17H16. The van der Waals surface area contributed by atoms with E-state index in [0.717, 1.165) is 6.42 Å². The van der Waals surface area contributed by atoms with Crippen molar-refractivity contribution in [1.29, 1.82) is 0 Å². The number of rotatable bonds is 2. The van der Waals surface area contributed by atoms with E-state index in [2.05, 4.69) is 72.8 Å². The average molecular weight is 220 g/mol. The smallest absolute Gasteiger partial charge is 0.00897 e. The van der Waals surface area contributed by atoms with Gasteiger partial charge in [-0.25, -0.2) is 0 Å². The molecule has 2 aromatic carbocycles. The number of benzene rings is 2. The third kappa shape index (κ3) is 2.03. The lowest BCUT2D eigenvalue weighted by Crippen LogP contribution is -2.04. The average Bonchev–Trinajstić information content (AvgIpc) is 2.90. The van der Waals surface area contributed by atoms with Crippen molar-refractivity contribution in [3.63, 3.8) is 0 Å². The van der Waals surface area contributed by atoms with Gasteiger partial charge in [0.25, 0.3) is 0 Å². The summed E-state index contributed by atoms with van der Waals surface area (Å²) in [5.74, 6) is 1.15. The fourth-order valence-corrected chi connectivity index (χ4v) is 2.71. The maximum absolute atomic E-state index is 2.35. The summed E-state index contributed by atoms with van der Waals surface area (Å²) in [5.41, 5.74) is 2.88. The topological polar surface area (TPSA) is 0 Å². The van der Waals surface area contributed by atoms with E-state index in [-0.39, 0.29) is 0 Å². The monoisotopic (exact) mass is 220 g/mol. The van der Waals surface area contributed by atoms with E-state index >= 15 is 0 Å². The van der Waals surface area contributed by atoms with Crippen LogP contribution in [-0.4, -0.2) is 0 Å². The molecule has 1 aliphatic rings. The molecule has 0 spiro atoms. The van der Waals surface area contributed by atoms with E-state index < -0.39 is 0 Å². The normalized spacial score (nSPS) is 22.8. The first-order chi connectivity index (χ1) is 8.45. The highest BCUT2D eigenvalue weighted by Crippen LogP contribution is 2.41. The molecule has 0 heteroatoms. The number of allylic oxidation sites excluding steroid dienone is 2. The second-order valence-electron chi connectivity index (χ2n) is 4.62. The molecule has 0 nitrogen and oxygen atoms in total. The minimum absolute atomic E-state index is 0.540. The Morgan fingerprint density at radius 3 is 1.94 bits per heavy atom. The van der Waals surface area contributed by atoms with Crippen LogP contribution in [0.2, 0.25) is 0 Å². The third-order valence-corrected chi connectivity index (χ3v) is 3.58. The summed E-state index contributed by atoms with van der Waals surface area (Å²) in [6, 6.07) is 21.6. The summed E-state index contributed by atoms with van der Waals surface area (Å²) in [5, 5.41) is 0. The maximum Gasteiger partial charge on any atom is 0.00897 e. The number of hydrogen-bond acceptors (Lipinski definition) is 0. The summed E-state index contributed by atoms with van der Waals surface area (Å²) in [6.07, 6.45) is 5.83. The van der Waals surface area contributed by atoms with E-state index in [0.29, 0.717) is 11.8 Å². The van der Waals surface area contributed by atoms with Gasteiger partial charge in [0.1, 0.15) is 0 Å². The van der Waals surface area contributed by atoms with E-state index in [1.165, 1.54) is 11.1 Å². The van der Waals surface area contributed by atoms with E-state index in [1.807, 2.05) is 0 Å². The van der Waals surface area contributed by atoms with Gasteiger partial charge in [-0.3, -0.25) is 0 Å². The quantitative estimate of drug-likeness (QED) is 0.653. The highest BCUT2D eigenvalue weighted by Gasteiger charge is 2.25. The first-order valence-corrected chi connectivity index (χ1v) is 6.22. The molecule has 1 aliphatic carbocycles. The Hall–Kier alpha value is -1.82. The van der Waals surface area contributed by atoms with Gasteiger partial charge in [-0.1, -0.05) is 72.8 Å². The largest absolute Gasteiger partial charge is 0.0873 e. The van der Waals surface area contributed by atoms with Crippen molar-refractivity contribution in [3.8, 4) is 0 Å². The van der Waals surface area contributed by atoms with Gasteiger partial charge in [-0.2, -0.15) is 0 Å². The summed E-state index contributed by atoms with van der Waals surface area (Å²) >= 11 is 0. The van der Waals surface area contributed by atoms with Crippen LogP contribution in [0.5, 0.6) is 0 Å². The first-order valence-electron chi connectivity index (χ1n) is 6.22. The van der Waals surface area contributed by atoms with Crippen molar-refractivity contribution in [2.24, 2.45) is 0 Å². The summed E-state index contributed by atoms with van der Waals surface area (Å²) in [4.78, 5) is 0. The van der Waals surface area contributed by atoms with Gasteiger partial charge in [-0.05, 0) is 23.5 Å². The molecule has 0 unspecified atom stereocenters. The van der Waals surface area contributed by atoms with Crippen LogP contribution in [0, 0.1) is 0 Å². The zero-order chi connectivity index (χ0) is 11.5. The fraction of sp³-hybridized carbons (Fsp3) is 0.176. The lowest BCUT2D eigenvalue weighted by Gasteiger charge is -2.20. The highest BCUT2D eigenvalue weighted by atomic mass is 14.3. The zero-order valence-electron chi connectivity index (χ0n) is 9.79. The molecule has 0 N–H and O–H groups in total. The predicted molar refractivity (Wildman–Crippen MR) is 72.1 cm³/mol. The molecule has 3 rings (SSSR count). The van der Waals surface area contributed by atoms with Gasteiger partial charge in [0, 0.05) is 5.92 Å². The predicted octanol–water partition coefficient (Wildman–Crippen LogP) is 4.51. The van der Waals surface area contributed by atoms with Crippen LogP contribution in [0.4, 0.5) is 0 Å². The molecule has 0 fully saturated rings. The molecule has 0 aromatic heterocycles. The van der Waals surface area contributed by atoms with Gasteiger partial charge in [0.2, 0.25) is 0 Å². The molecule has 0 radical (unpaired) electrons. The van der Waals surface area contributed by atoms with Crippen LogP contribution in [0.25, 0.3) is 0 Å². The summed E-state index contributed by atoms with van der Waals surface area (Å²) in [6.45, 7) is 0. The summed E-state index contributed by atoms with van der Waals surface area (Å²) in [7, 11) is 0. The van der Waals surface area contributed by atoms with Crippen molar-refractivity contribution in [2.45, 2.75) is 18.3 Å². The van der Waals surface area contributed by atoms with Gasteiger partial charge in [0.05, 0.1) is 0 Å². The first kappa shape index (κ1) is 10.3. The Morgan fingerprint density at radius 2 is 1.29 bits per heavy atom. The molecule has 2 aromatic rings. The molecular weight excluding hydrogens is 204 g/mol. The molecule has 0 amide bonds. The lowest BCUT2D eigenvalue weighted by molar-refractivity contribution is 0.665. The second kappa shape index (κ2) is 4.58. The fourth-order valence-electron chi connectivity index (χ4n) is 2.71.